The van der Waals surface area contributed by atoms with Gasteiger partial charge in [0.25, 0.3) is 0 Å². The van der Waals surface area contributed by atoms with Crippen LogP contribution < -0.4 is 28.4 Å². The molecule has 3 rings (SSSR count). The van der Waals surface area contributed by atoms with Gasteiger partial charge in [0.1, 0.15) is 63.3 Å². The van der Waals surface area contributed by atoms with Gasteiger partial charge in [0.15, 0.2) is 0 Å². The van der Waals surface area contributed by atoms with Crippen molar-refractivity contribution in [3.05, 3.63) is 100 Å². The molecule has 0 aliphatic rings. The lowest BCUT2D eigenvalue weighted by molar-refractivity contribution is 0.359. The van der Waals surface area contributed by atoms with Crippen LogP contribution in [0.5, 0.6) is 34.5 Å². The lowest BCUT2D eigenvalue weighted by Gasteiger charge is -2.13. The quantitative estimate of drug-likeness (QED) is 0.161. The van der Waals surface area contributed by atoms with E-state index < -0.39 is 0 Å². The fourth-order valence-corrected chi connectivity index (χ4v) is 5.33. The fourth-order valence-electron chi connectivity index (χ4n) is 4.82. The highest BCUT2D eigenvalue weighted by molar-refractivity contribution is 9.28. The fraction of sp³-hybridized carbons (Fsp3) is 0.368. The van der Waals surface area contributed by atoms with Gasteiger partial charge in [-0.1, -0.05) is 60.3 Å². The van der Waals surface area contributed by atoms with Crippen LogP contribution in [0.3, 0.4) is 0 Å². The van der Waals surface area contributed by atoms with E-state index in [4.69, 9.17) is 74.8 Å². The van der Waals surface area contributed by atoms with Crippen LogP contribution in [0.1, 0.15) is 47.2 Å². The monoisotopic (exact) mass is 896 g/mol. The maximum absolute atomic E-state index is 5.65. The largest absolute Gasteiger partial charge is 0.496 e. The summed E-state index contributed by atoms with van der Waals surface area (Å²) in [5.74, 6) is 5.21. The molecular weight excluding hydrogens is 854 g/mol. The van der Waals surface area contributed by atoms with Gasteiger partial charge in [0, 0.05) is 0 Å². The third-order valence-corrected chi connectivity index (χ3v) is 8.19. The molecule has 0 fully saturated rings. The molecule has 6 nitrogen and oxygen atoms in total. The second-order valence-corrected chi connectivity index (χ2v) is 15.4. The molecule has 0 N–H and O–H groups in total. The number of methoxy groups -OCH3 is 3. The van der Waals surface area contributed by atoms with E-state index in [-0.39, 0.29) is 8.98 Å². The lowest BCUT2D eigenvalue weighted by atomic mass is 10.1. The zero-order valence-electron chi connectivity index (χ0n) is 29.9. The van der Waals surface area contributed by atoms with E-state index in [9.17, 15) is 0 Å². The first kappa shape index (κ1) is 45.8. The second-order valence-electron chi connectivity index (χ2n) is 10.6. The average molecular weight is 900 g/mol. The van der Waals surface area contributed by atoms with E-state index in [1.54, 1.807) is 33.5 Å². The van der Waals surface area contributed by atoms with E-state index >= 15 is 0 Å². The molecule has 0 aromatic heterocycles. The van der Waals surface area contributed by atoms with Crippen molar-refractivity contribution in [1.82, 2.24) is 0 Å². The molecule has 0 saturated carbocycles. The van der Waals surface area contributed by atoms with Gasteiger partial charge in [0.05, 0.1) is 24.7 Å². The molecule has 0 atom stereocenters. The molecule has 12 heteroatoms. The predicted molar refractivity (Wildman–Crippen MR) is 219 cm³/mol. The van der Waals surface area contributed by atoms with Gasteiger partial charge in [-0.2, -0.15) is 0 Å². The number of ether oxygens (including phenoxy) is 6. The summed E-state index contributed by atoms with van der Waals surface area (Å²) in [5.41, 5.74) is 6.54. The molecule has 0 amide bonds. The Morgan fingerprint density at radius 2 is 0.820 bits per heavy atom. The zero-order chi connectivity index (χ0) is 37.8. The van der Waals surface area contributed by atoms with E-state index in [0.717, 1.165) is 78.5 Å². The topological polar surface area (TPSA) is 55.4 Å². The third-order valence-electron chi connectivity index (χ3n) is 6.92. The Morgan fingerprint density at radius 3 is 1.10 bits per heavy atom. The van der Waals surface area contributed by atoms with Crippen LogP contribution in [0.15, 0.2) is 67.0 Å². The minimum Gasteiger partial charge on any atom is -0.496 e. The van der Waals surface area contributed by atoms with Crippen LogP contribution in [0.2, 0.25) is 0 Å². The molecular formula is C38H46Br2Cl4O6. The Labute approximate surface area is 334 Å². The van der Waals surface area contributed by atoms with Crippen LogP contribution in [0.25, 0.3) is 0 Å². The van der Waals surface area contributed by atoms with Crippen molar-refractivity contribution in [2.45, 2.75) is 54.4 Å². The van der Waals surface area contributed by atoms with Crippen molar-refractivity contribution in [3.8, 4) is 34.5 Å². The third kappa shape index (κ3) is 16.9. The number of hydrogen-bond acceptors (Lipinski definition) is 6. The van der Waals surface area contributed by atoms with E-state index in [2.05, 4.69) is 45.7 Å². The summed E-state index contributed by atoms with van der Waals surface area (Å²) in [4.78, 5) is 0. The molecule has 3 aromatic rings. The highest BCUT2D eigenvalue weighted by atomic mass is 79.9. The highest BCUT2D eigenvalue weighted by Crippen LogP contribution is 2.31. The number of hydrogen-bond donors (Lipinski definition) is 0. The van der Waals surface area contributed by atoms with Crippen LogP contribution in [-0.4, -0.2) is 41.2 Å². The second kappa shape index (κ2) is 24.9. The smallest absolute Gasteiger partial charge is 0.125 e. The first-order valence-corrected chi connectivity index (χ1v) is 18.7. The van der Waals surface area contributed by atoms with Crippen LogP contribution in [0, 0.1) is 27.7 Å². The average Bonchev–Trinajstić information content (AvgIpc) is 3.04. The van der Waals surface area contributed by atoms with Gasteiger partial charge in [-0.25, -0.2) is 0 Å². The van der Waals surface area contributed by atoms with Crippen LogP contribution >= 0.6 is 78.3 Å². The number of benzene rings is 3. The highest BCUT2D eigenvalue weighted by Gasteiger charge is 2.09. The molecule has 0 heterocycles. The van der Waals surface area contributed by atoms with Gasteiger partial charge < -0.3 is 28.4 Å². The zero-order valence-corrected chi connectivity index (χ0v) is 36.1. The number of aryl methyl sites for hydroxylation is 6. The summed E-state index contributed by atoms with van der Waals surface area (Å²) in [5, 5.41) is 0. The van der Waals surface area contributed by atoms with Gasteiger partial charge in [0.2, 0.25) is 0 Å². The molecule has 276 valence electrons. The molecule has 0 radical (unpaired) electrons. The normalized spacial score (nSPS) is 9.90. The Hall–Kier alpha value is -2.20. The number of halogens is 6. The van der Waals surface area contributed by atoms with Crippen molar-refractivity contribution in [3.63, 3.8) is 0 Å². The SMILES string of the molecule is CCc1cc(OCC=C(Br)Br)cc(C)c1OC.CCc1cc(OCC=C(Cl)Cl)cc(C)c1OC.COc1c(C)cc(OCC=C(Cl)Cl)cc1C. The van der Waals surface area contributed by atoms with Crippen molar-refractivity contribution in [1.29, 1.82) is 0 Å². The standard InChI is InChI=1S/C13H16Br2O2.C13H16Cl2O2.C12H14Cl2O2/c2*1-4-10-8-11(17-6-5-12(14)15)7-9(2)13(10)16-3;1-8-6-10(16-5-4-11(13)14)7-9(2)12(8)15-3/h2*5,7-8H,4,6H2,1-3H3;4,6-7H,5H2,1-3H3. The predicted octanol–water partition coefficient (Wildman–Crippen LogP) is 12.8. The first-order chi connectivity index (χ1) is 23.7. The molecule has 0 unspecified atom stereocenters. The number of rotatable bonds is 14. The summed E-state index contributed by atoms with van der Waals surface area (Å²) in [7, 11) is 5.04. The van der Waals surface area contributed by atoms with Crippen molar-refractivity contribution in [2.75, 3.05) is 41.2 Å². The van der Waals surface area contributed by atoms with Gasteiger partial charge >= 0.3 is 0 Å². The Kier molecular flexibility index (Phi) is 22.8. The van der Waals surface area contributed by atoms with Gasteiger partial charge in [-0.3, -0.25) is 0 Å². The molecule has 0 aliphatic carbocycles. The van der Waals surface area contributed by atoms with E-state index in [0.29, 0.717) is 19.8 Å². The molecule has 0 bridgehead atoms. The summed E-state index contributed by atoms with van der Waals surface area (Å²) in [6.07, 6.45) is 6.93. The maximum Gasteiger partial charge on any atom is 0.125 e. The minimum absolute atomic E-state index is 0.210. The molecule has 3 aromatic carbocycles. The molecule has 0 aliphatic heterocycles. The van der Waals surface area contributed by atoms with Crippen LogP contribution in [-0.2, 0) is 12.8 Å². The summed E-state index contributed by atoms with van der Waals surface area (Å²) in [6.45, 7) is 13.4. The lowest BCUT2D eigenvalue weighted by Crippen LogP contribution is -1.98. The maximum atomic E-state index is 5.65. The summed E-state index contributed by atoms with van der Waals surface area (Å²) < 4.78 is 34.0. The summed E-state index contributed by atoms with van der Waals surface area (Å²) >= 11 is 28.6. The van der Waals surface area contributed by atoms with Crippen LogP contribution in [0.4, 0.5) is 0 Å². The van der Waals surface area contributed by atoms with E-state index in [1.807, 2.05) is 70.2 Å². The molecule has 0 spiro atoms. The minimum atomic E-state index is 0.210. The molecule has 50 heavy (non-hydrogen) atoms. The Bertz CT molecular complexity index is 1490. The van der Waals surface area contributed by atoms with Crippen molar-refractivity contribution < 1.29 is 28.4 Å². The Balaban J connectivity index is 0.000000375. The van der Waals surface area contributed by atoms with Crippen molar-refractivity contribution in [2.24, 2.45) is 0 Å². The first-order valence-electron chi connectivity index (χ1n) is 15.6. The molecule has 0 saturated heterocycles. The Morgan fingerprint density at radius 1 is 0.520 bits per heavy atom. The summed E-state index contributed by atoms with van der Waals surface area (Å²) in [6, 6.07) is 11.8. The van der Waals surface area contributed by atoms with E-state index in [1.165, 1.54) is 5.56 Å². The van der Waals surface area contributed by atoms with Crippen molar-refractivity contribution >= 4 is 78.3 Å². The van der Waals surface area contributed by atoms with Gasteiger partial charge in [-0.15, -0.1) is 0 Å². The van der Waals surface area contributed by atoms with Gasteiger partial charge in [-0.05, 0) is 160 Å².